The first kappa shape index (κ1) is 19.8. The zero-order valence-corrected chi connectivity index (χ0v) is 13.3. The number of methoxy groups -OCH3 is 1. The van der Waals surface area contributed by atoms with Gasteiger partial charge >= 0.3 is 6.09 Å². The lowest BCUT2D eigenvalue weighted by Gasteiger charge is -2.28. The molecule has 0 aliphatic carbocycles. The lowest BCUT2D eigenvalue weighted by atomic mass is 10.2. The average molecular weight is 267 g/mol. The van der Waals surface area contributed by atoms with Crippen molar-refractivity contribution in [2.75, 3.05) is 20.2 Å². The summed E-state index contributed by atoms with van der Waals surface area (Å²) in [5.74, 6) is 0. The first-order valence-corrected chi connectivity index (χ1v) is 7.08. The fourth-order valence-corrected chi connectivity index (χ4v) is 1.16. The summed E-state index contributed by atoms with van der Waals surface area (Å²) >= 11 is 0. The lowest BCUT2D eigenvalue weighted by molar-refractivity contribution is 0.0991. The second-order valence-corrected chi connectivity index (χ2v) is 3.47. The van der Waals surface area contributed by atoms with Gasteiger partial charge in [-0.2, -0.15) is 0 Å². The molecule has 1 aromatic carbocycles. The number of carbonyl (C=O) groups is 1. The molecule has 1 aromatic rings. The second-order valence-electron chi connectivity index (χ2n) is 3.47. The molecule has 0 spiro atoms. The van der Waals surface area contributed by atoms with Crippen LogP contribution < -0.4 is 0 Å². The number of ether oxygens (including phenoxy) is 1. The van der Waals surface area contributed by atoms with Gasteiger partial charge in [-0.15, -0.1) is 0 Å². The zero-order chi connectivity index (χ0) is 15.1. The SMILES string of the molecule is CC.CC.COC(=O)N1CCC1.Cc1ccccc1. The van der Waals surface area contributed by atoms with Gasteiger partial charge in [0.25, 0.3) is 0 Å². The minimum atomic E-state index is -0.198. The van der Waals surface area contributed by atoms with E-state index in [2.05, 4.69) is 23.8 Å². The number of benzene rings is 1. The van der Waals surface area contributed by atoms with Gasteiger partial charge in [-0.25, -0.2) is 4.79 Å². The predicted molar refractivity (Wildman–Crippen MR) is 82.5 cm³/mol. The molecule has 1 aliphatic rings. The Bertz CT molecular complexity index is 295. The van der Waals surface area contributed by atoms with E-state index in [9.17, 15) is 4.79 Å². The van der Waals surface area contributed by atoms with E-state index in [1.165, 1.54) is 12.7 Å². The van der Waals surface area contributed by atoms with Crippen LogP contribution in [0.15, 0.2) is 30.3 Å². The topological polar surface area (TPSA) is 29.5 Å². The highest BCUT2D eigenvalue weighted by Crippen LogP contribution is 2.05. The lowest BCUT2D eigenvalue weighted by Crippen LogP contribution is -2.41. The van der Waals surface area contributed by atoms with Crippen molar-refractivity contribution >= 4 is 6.09 Å². The summed E-state index contributed by atoms with van der Waals surface area (Å²) < 4.78 is 4.44. The van der Waals surface area contributed by atoms with Crippen molar-refractivity contribution in [3.63, 3.8) is 0 Å². The quantitative estimate of drug-likeness (QED) is 0.692. The molecule has 0 atom stereocenters. The van der Waals surface area contributed by atoms with Gasteiger partial charge in [0.05, 0.1) is 7.11 Å². The number of likely N-dealkylation sites (tertiary alicyclic amines) is 1. The van der Waals surface area contributed by atoms with Gasteiger partial charge in [-0.3, -0.25) is 0 Å². The van der Waals surface area contributed by atoms with Crippen LogP contribution in [0.25, 0.3) is 0 Å². The molecule has 0 saturated carbocycles. The van der Waals surface area contributed by atoms with Gasteiger partial charge < -0.3 is 9.64 Å². The largest absolute Gasteiger partial charge is 0.453 e. The van der Waals surface area contributed by atoms with Crippen LogP contribution in [-0.4, -0.2) is 31.2 Å². The van der Waals surface area contributed by atoms with Crippen molar-refractivity contribution < 1.29 is 9.53 Å². The van der Waals surface area contributed by atoms with Crippen LogP contribution in [0, 0.1) is 6.92 Å². The highest BCUT2D eigenvalue weighted by atomic mass is 16.5. The molecule has 110 valence electrons. The van der Waals surface area contributed by atoms with Crippen LogP contribution >= 0.6 is 0 Å². The highest BCUT2D eigenvalue weighted by molar-refractivity contribution is 5.68. The molecule has 3 heteroatoms. The third-order valence-corrected chi connectivity index (χ3v) is 2.23. The summed E-state index contributed by atoms with van der Waals surface area (Å²) in [4.78, 5) is 12.2. The Hall–Kier alpha value is -1.51. The zero-order valence-electron chi connectivity index (χ0n) is 13.3. The molecule has 1 saturated heterocycles. The van der Waals surface area contributed by atoms with Crippen LogP contribution in [0.2, 0.25) is 0 Å². The maximum atomic E-state index is 10.5. The summed E-state index contributed by atoms with van der Waals surface area (Å²) in [7, 11) is 1.40. The number of hydrogen-bond acceptors (Lipinski definition) is 2. The van der Waals surface area contributed by atoms with Gasteiger partial charge in [0.15, 0.2) is 0 Å². The van der Waals surface area contributed by atoms with Crippen LogP contribution in [0.5, 0.6) is 0 Å². The first-order chi connectivity index (χ1) is 9.24. The van der Waals surface area contributed by atoms with Gasteiger partial charge in [0, 0.05) is 13.1 Å². The van der Waals surface area contributed by atoms with E-state index in [1.54, 1.807) is 4.90 Å². The van der Waals surface area contributed by atoms with Gasteiger partial charge in [-0.05, 0) is 13.3 Å². The number of rotatable bonds is 0. The third-order valence-electron chi connectivity index (χ3n) is 2.23. The number of nitrogens with zero attached hydrogens (tertiary/aromatic N) is 1. The average Bonchev–Trinajstić information content (AvgIpc) is 2.43. The summed E-state index contributed by atoms with van der Waals surface area (Å²) in [6.45, 7) is 11.8. The Morgan fingerprint density at radius 1 is 1.05 bits per heavy atom. The molecular weight excluding hydrogens is 238 g/mol. The van der Waals surface area contributed by atoms with Crippen molar-refractivity contribution in [1.82, 2.24) is 4.90 Å². The first-order valence-electron chi connectivity index (χ1n) is 7.08. The number of amides is 1. The molecule has 0 unspecified atom stereocenters. The van der Waals surface area contributed by atoms with Crippen LogP contribution in [0.3, 0.4) is 0 Å². The summed E-state index contributed by atoms with van der Waals surface area (Å²) in [6.07, 6.45) is 0.922. The highest BCUT2D eigenvalue weighted by Gasteiger charge is 2.19. The summed E-state index contributed by atoms with van der Waals surface area (Å²) in [5.41, 5.74) is 1.32. The van der Waals surface area contributed by atoms with Crippen molar-refractivity contribution in [3.05, 3.63) is 35.9 Å². The fourth-order valence-electron chi connectivity index (χ4n) is 1.16. The Kier molecular flexibility index (Phi) is 15.2. The summed E-state index contributed by atoms with van der Waals surface area (Å²) in [6, 6.07) is 10.3. The van der Waals surface area contributed by atoms with E-state index in [1.807, 2.05) is 45.9 Å². The van der Waals surface area contributed by atoms with Crippen LogP contribution in [0.1, 0.15) is 39.7 Å². The predicted octanol–water partition coefficient (Wildman–Crippen LogP) is 4.51. The van der Waals surface area contributed by atoms with E-state index in [-0.39, 0.29) is 6.09 Å². The molecule has 1 fully saturated rings. The molecule has 1 amide bonds. The maximum absolute atomic E-state index is 10.5. The molecule has 0 N–H and O–H groups in total. The normalized spacial score (nSPS) is 11.2. The van der Waals surface area contributed by atoms with E-state index in [0.717, 1.165) is 19.5 Å². The molecule has 0 radical (unpaired) electrons. The Balaban J connectivity index is 0. The standard InChI is InChI=1S/C7H8.C5H9NO2.2C2H6/c1-7-5-3-2-4-6-7;1-8-5(7)6-3-2-4-6;2*1-2/h2-6H,1H3;2-4H2,1H3;2*1-2H3. The molecule has 0 aromatic heterocycles. The molecule has 1 heterocycles. The fraction of sp³-hybridized carbons (Fsp3) is 0.562. The Morgan fingerprint density at radius 2 is 1.53 bits per heavy atom. The number of carbonyl (C=O) groups excluding carboxylic acids is 1. The van der Waals surface area contributed by atoms with Crippen molar-refractivity contribution in [1.29, 1.82) is 0 Å². The van der Waals surface area contributed by atoms with E-state index >= 15 is 0 Å². The molecule has 1 aliphatic heterocycles. The molecule has 3 nitrogen and oxygen atoms in total. The number of hydrogen-bond donors (Lipinski definition) is 0. The van der Waals surface area contributed by atoms with Crippen LogP contribution in [0.4, 0.5) is 4.79 Å². The summed E-state index contributed by atoms with van der Waals surface area (Å²) in [5, 5.41) is 0. The second kappa shape index (κ2) is 14.6. The molecule has 2 rings (SSSR count). The van der Waals surface area contributed by atoms with Crippen LogP contribution in [-0.2, 0) is 4.74 Å². The van der Waals surface area contributed by atoms with Gasteiger partial charge in [0.1, 0.15) is 0 Å². The van der Waals surface area contributed by atoms with Gasteiger partial charge in [0.2, 0.25) is 0 Å². The minimum absolute atomic E-state index is 0.198. The van der Waals surface area contributed by atoms with E-state index in [4.69, 9.17) is 0 Å². The molecule has 0 bridgehead atoms. The molecule has 19 heavy (non-hydrogen) atoms. The third kappa shape index (κ3) is 10.1. The van der Waals surface area contributed by atoms with Gasteiger partial charge in [-0.1, -0.05) is 63.6 Å². The number of aryl methyl sites for hydroxylation is 1. The monoisotopic (exact) mass is 267 g/mol. The van der Waals surface area contributed by atoms with E-state index in [0.29, 0.717) is 0 Å². The Morgan fingerprint density at radius 3 is 1.68 bits per heavy atom. The smallest absolute Gasteiger partial charge is 0.409 e. The van der Waals surface area contributed by atoms with Crippen molar-refractivity contribution in [2.24, 2.45) is 0 Å². The minimum Gasteiger partial charge on any atom is -0.453 e. The Labute approximate surface area is 118 Å². The van der Waals surface area contributed by atoms with Crippen molar-refractivity contribution in [2.45, 2.75) is 41.0 Å². The molecular formula is C16H29NO2. The van der Waals surface area contributed by atoms with Crippen molar-refractivity contribution in [3.8, 4) is 0 Å². The maximum Gasteiger partial charge on any atom is 0.409 e. The van der Waals surface area contributed by atoms with E-state index < -0.39 is 0 Å².